The summed E-state index contributed by atoms with van der Waals surface area (Å²) in [6.07, 6.45) is 1.38. The van der Waals surface area contributed by atoms with Gasteiger partial charge in [0.1, 0.15) is 5.75 Å². The molecule has 1 aromatic carbocycles. The van der Waals surface area contributed by atoms with Crippen molar-refractivity contribution in [1.82, 2.24) is 5.32 Å². The predicted octanol–water partition coefficient (Wildman–Crippen LogP) is 1.30. The fourth-order valence-electron chi connectivity index (χ4n) is 0.930. The van der Waals surface area contributed by atoms with Crippen LogP contribution in [-0.4, -0.2) is 37.4 Å². The van der Waals surface area contributed by atoms with Crippen molar-refractivity contribution >= 4 is 12.0 Å². The molecule has 5 heteroatoms. The summed E-state index contributed by atoms with van der Waals surface area (Å²) in [5, 5.41) is 20.4. The number of ether oxygens (including phenoxy) is 1. The van der Waals surface area contributed by atoms with Gasteiger partial charge in [-0.25, -0.2) is 4.79 Å². The van der Waals surface area contributed by atoms with Crippen LogP contribution < -0.4 is 5.32 Å². The summed E-state index contributed by atoms with van der Waals surface area (Å²) in [7, 11) is 5.04. The molecule has 0 fully saturated rings. The average Bonchev–Trinajstić information content (AvgIpc) is 2.29. The number of hydrogen-bond acceptors (Lipinski definition) is 4. The summed E-state index contributed by atoms with van der Waals surface area (Å²) in [5.41, 5.74) is 0.655. The molecule has 0 radical (unpaired) electrons. The number of carboxylic acid groups (broad SMARTS) is 1. The molecule has 0 aliphatic carbocycles. The second-order valence-electron chi connectivity index (χ2n) is 3.11. The first-order valence-electron chi connectivity index (χ1n) is 4.91. The third-order valence-electron chi connectivity index (χ3n) is 1.62. The number of methoxy groups -OCH3 is 1. The molecule has 0 atom stereocenters. The SMILES string of the molecule is CNC.COC(=Cc1ccc(O)cc1)C(=O)O. The molecule has 0 bridgehead atoms. The molecule has 17 heavy (non-hydrogen) atoms. The van der Waals surface area contributed by atoms with E-state index in [9.17, 15) is 4.79 Å². The first-order chi connectivity index (χ1) is 8.04. The Hall–Kier alpha value is -2.01. The van der Waals surface area contributed by atoms with Gasteiger partial charge >= 0.3 is 5.97 Å². The maximum absolute atomic E-state index is 10.6. The molecule has 0 spiro atoms. The zero-order chi connectivity index (χ0) is 13.3. The van der Waals surface area contributed by atoms with Crippen LogP contribution in [0.15, 0.2) is 30.0 Å². The normalized spacial score (nSPS) is 10.2. The highest BCUT2D eigenvalue weighted by molar-refractivity contribution is 5.89. The lowest BCUT2D eigenvalue weighted by Crippen LogP contribution is -2.01. The number of carbonyl (C=O) groups is 1. The molecule has 0 saturated carbocycles. The van der Waals surface area contributed by atoms with Crippen LogP contribution in [0, 0.1) is 0 Å². The van der Waals surface area contributed by atoms with Gasteiger partial charge in [-0.2, -0.15) is 0 Å². The fourth-order valence-corrected chi connectivity index (χ4v) is 0.930. The number of nitrogens with one attached hydrogen (secondary N) is 1. The van der Waals surface area contributed by atoms with Gasteiger partial charge in [0, 0.05) is 0 Å². The van der Waals surface area contributed by atoms with E-state index >= 15 is 0 Å². The maximum Gasteiger partial charge on any atom is 0.371 e. The van der Waals surface area contributed by atoms with E-state index in [1.165, 1.54) is 25.3 Å². The minimum absolute atomic E-state index is 0.136. The fraction of sp³-hybridized carbons (Fsp3) is 0.250. The third-order valence-corrected chi connectivity index (χ3v) is 1.62. The second-order valence-corrected chi connectivity index (χ2v) is 3.11. The summed E-state index contributed by atoms with van der Waals surface area (Å²) < 4.78 is 4.64. The van der Waals surface area contributed by atoms with Crippen molar-refractivity contribution in [3.8, 4) is 5.75 Å². The molecule has 0 heterocycles. The van der Waals surface area contributed by atoms with Crippen LogP contribution in [0.3, 0.4) is 0 Å². The lowest BCUT2D eigenvalue weighted by atomic mass is 10.2. The van der Waals surface area contributed by atoms with Gasteiger partial charge in [0.15, 0.2) is 0 Å². The first kappa shape index (κ1) is 15.0. The Labute approximate surface area is 100 Å². The van der Waals surface area contributed by atoms with Crippen LogP contribution in [0.5, 0.6) is 5.75 Å². The van der Waals surface area contributed by atoms with Gasteiger partial charge < -0.3 is 20.3 Å². The summed E-state index contributed by atoms with van der Waals surface area (Å²) >= 11 is 0. The van der Waals surface area contributed by atoms with Crippen LogP contribution in [0.25, 0.3) is 6.08 Å². The molecule has 0 amide bonds. The summed E-state index contributed by atoms with van der Waals surface area (Å²) in [6.45, 7) is 0. The molecular weight excluding hydrogens is 222 g/mol. The highest BCUT2D eigenvalue weighted by atomic mass is 16.5. The largest absolute Gasteiger partial charge is 0.508 e. The Morgan fingerprint density at radius 3 is 2.12 bits per heavy atom. The zero-order valence-electron chi connectivity index (χ0n) is 10.1. The minimum Gasteiger partial charge on any atom is -0.508 e. The van der Waals surface area contributed by atoms with Gasteiger partial charge in [-0.15, -0.1) is 0 Å². The van der Waals surface area contributed by atoms with E-state index in [0.717, 1.165) is 0 Å². The number of phenols is 1. The van der Waals surface area contributed by atoms with Gasteiger partial charge in [-0.3, -0.25) is 0 Å². The molecule has 94 valence electrons. The van der Waals surface area contributed by atoms with E-state index in [1.54, 1.807) is 12.1 Å². The Morgan fingerprint density at radius 2 is 1.76 bits per heavy atom. The molecule has 0 saturated heterocycles. The van der Waals surface area contributed by atoms with Gasteiger partial charge in [-0.1, -0.05) is 12.1 Å². The van der Waals surface area contributed by atoms with Crippen LogP contribution >= 0.6 is 0 Å². The smallest absolute Gasteiger partial charge is 0.371 e. The van der Waals surface area contributed by atoms with Crippen molar-refractivity contribution < 1.29 is 19.7 Å². The van der Waals surface area contributed by atoms with Gasteiger partial charge in [0.25, 0.3) is 0 Å². The van der Waals surface area contributed by atoms with Crippen LogP contribution in [0.1, 0.15) is 5.56 Å². The van der Waals surface area contributed by atoms with Crippen LogP contribution in [-0.2, 0) is 9.53 Å². The van der Waals surface area contributed by atoms with Crippen molar-refractivity contribution in [3.63, 3.8) is 0 Å². The van der Waals surface area contributed by atoms with Gasteiger partial charge in [0.2, 0.25) is 5.76 Å². The number of benzene rings is 1. The van der Waals surface area contributed by atoms with Gasteiger partial charge in [0.05, 0.1) is 7.11 Å². The van der Waals surface area contributed by atoms with Crippen molar-refractivity contribution in [3.05, 3.63) is 35.6 Å². The van der Waals surface area contributed by atoms with Crippen molar-refractivity contribution in [2.75, 3.05) is 21.2 Å². The number of aliphatic carboxylic acids is 1. The number of aromatic hydroxyl groups is 1. The maximum atomic E-state index is 10.6. The Bertz CT molecular complexity index is 371. The Morgan fingerprint density at radius 1 is 1.29 bits per heavy atom. The van der Waals surface area contributed by atoms with E-state index in [4.69, 9.17) is 10.2 Å². The molecule has 0 aromatic heterocycles. The molecule has 1 rings (SSSR count). The molecular formula is C12H17NO4. The van der Waals surface area contributed by atoms with E-state index < -0.39 is 5.97 Å². The molecule has 0 aliphatic heterocycles. The lowest BCUT2D eigenvalue weighted by molar-refractivity contribution is -0.135. The van der Waals surface area contributed by atoms with Crippen LogP contribution in [0.2, 0.25) is 0 Å². The van der Waals surface area contributed by atoms with E-state index in [1.807, 2.05) is 14.1 Å². The standard InChI is InChI=1S/C10H10O4.C2H7N/c1-14-9(10(12)13)6-7-2-4-8(11)5-3-7;1-3-2/h2-6,11H,1H3,(H,12,13);3H,1-2H3. The molecule has 0 aliphatic rings. The second kappa shape index (κ2) is 8.18. The molecule has 3 N–H and O–H groups in total. The Kier molecular flexibility index (Phi) is 7.21. The highest BCUT2D eigenvalue weighted by Crippen LogP contribution is 2.12. The van der Waals surface area contributed by atoms with E-state index in [2.05, 4.69) is 10.1 Å². The average molecular weight is 239 g/mol. The summed E-state index contributed by atoms with van der Waals surface area (Å²) in [5.74, 6) is -1.13. The van der Waals surface area contributed by atoms with E-state index in [0.29, 0.717) is 5.56 Å². The predicted molar refractivity (Wildman–Crippen MR) is 65.7 cm³/mol. The van der Waals surface area contributed by atoms with Crippen molar-refractivity contribution in [1.29, 1.82) is 0 Å². The third kappa shape index (κ3) is 6.21. The molecule has 0 unspecified atom stereocenters. The lowest BCUT2D eigenvalue weighted by Gasteiger charge is -2.00. The van der Waals surface area contributed by atoms with E-state index in [-0.39, 0.29) is 11.5 Å². The summed E-state index contributed by atoms with van der Waals surface area (Å²) in [4.78, 5) is 10.6. The number of carboxylic acids is 1. The number of hydrogen-bond donors (Lipinski definition) is 3. The zero-order valence-corrected chi connectivity index (χ0v) is 10.1. The van der Waals surface area contributed by atoms with Crippen molar-refractivity contribution in [2.45, 2.75) is 0 Å². The minimum atomic E-state index is -1.12. The van der Waals surface area contributed by atoms with Crippen molar-refractivity contribution in [2.24, 2.45) is 0 Å². The quantitative estimate of drug-likeness (QED) is 0.547. The number of rotatable bonds is 3. The number of phenolic OH excluding ortho intramolecular Hbond substituents is 1. The Balaban J connectivity index is 0.000000770. The highest BCUT2D eigenvalue weighted by Gasteiger charge is 2.05. The van der Waals surface area contributed by atoms with Gasteiger partial charge in [-0.05, 0) is 37.9 Å². The monoisotopic (exact) mass is 239 g/mol. The molecule has 5 nitrogen and oxygen atoms in total. The topological polar surface area (TPSA) is 78.8 Å². The van der Waals surface area contributed by atoms with Crippen LogP contribution in [0.4, 0.5) is 0 Å². The summed E-state index contributed by atoms with van der Waals surface area (Å²) in [6, 6.07) is 6.14. The first-order valence-corrected chi connectivity index (χ1v) is 4.91. The molecule has 1 aromatic rings.